The summed E-state index contributed by atoms with van der Waals surface area (Å²) >= 11 is 0. The number of morpholine rings is 1. The van der Waals surface area contributed by atoms with Crippen LogP contribution in [-0.4, -0.2) is 62.3 Å². The van der Waals surface area contributed by atoms with Crippen LogP contribution in [-0.2, 0) is 26.1 Å². The Morgan fingerprint density at radius 3 is 2.21 bits per heavy atom. The first-order chi connectivity index (χ1) is 16.1. The highest BCUT2D eigenvalue weighted by molar-refractivity contribution is 7.89. The number of benzene rings is 2. The summed E-state index contributed by atoms with van der Waals surface area (Å²) < 4.78 is 33.2. The van der Waals surface area contributed by atoms with Gasteiger partial charge in [0.05, 0.1) is 23.6 Å². The first-order valence-electron chi connectivity index (χ1n) is 10.8. The second kappa shape index (κ2) is 10.8. The van der Waals surface area contributed by atoms with Crippen molar-refractivity contribution in [2.75, 3.05) is 19.6 Å². The van der Waals surface area contributed by atoms with E-state index in [0.29, 0.717) is 5.56 Å². The molecule has 4 N–H and O–H groups in total. The number of ether oxygens (including phenoxy) is 1. The summed E-state index contributed by atoms with van der Waals surface area (Å²) in [5, 5.41) is 5.14. The van der Waals surface area contributed by atoms with E-state index >= 15 is 0 Å². The van der Waals surface area contributed by atoms with E-state index in [1.54, 1.807) is 30.3 Å². The van der Waals surface area contributed by atoms with Gasteiger partial charge in [0.1, 0.15) is 0 Å². The standard InChI is InChI=1S/C23H28N4O6S/c1-15-13-27(14-16(2)33-15)34(31,32)20-5-3-4-19(10-20)23(30)25-11-17-6-8-18(9-7-17)22(29)26-12-21(24)28/h3-10,15-16H,11-14H2,1-2H3,(H2,24,28)(H,25,30)(H,26,29)/t15-,16+. The van der Waals surface area contributed by atoms with Crippen molar-refractivity contribution in [1.29, 1.82) is 0 Å². The van der Waals surface area contributed by atoms with Crippen LogP contribution in [0.5, 0.6) is 0 Å². The van der Waals surface area contributed by atoms with Crippen molar-refractivity contribution in [3.8, 4) is 0 Å². The van der Waals surface area contributed by atoms with Gasteiger partial charge in [-0.05, 0) is 49.7 Å². The molecule has 0 spiro atoms. The second-order valence-electron chi connectivity index (χ2n) is 8.14. The molecule has 1 aliphatic heterocycles. The molecule has 182 valence electrons. The maximum Gasteiger partial charge on any atom is 0.251 e. The molecule has 2 aromatic rings. The van der Waals surface area contributed by atoms with Gasteiger partial charge < -0.3 is 21.1 Å². The van der Waals surface area contributed by atoms with Crippen LogP contribution in [0.4, 0.5) is 0 Å². The molecule has 0 aliphatic carbocycles. The van der Waals surface area contributed by atoms with Crippen molar-refractivity contribution in [3.63, 3.8) is 0 Å². The number of amides is 3. The number of carbonyl (C=O) groups excluding carboxylic acids is 3. The number of primary amides is 1. The first-order valence-corrected chi connectivity index (χ1v) is 12.2. The zero-order valence-corrected chi connectivity index (χ0v) is 19.8. The first kappa shape index (κ1) is 25.3. The van der Waals surface area contributed by atoms with Crippen LogP contribution in [0, 0.1) is 0 Å². The molecule has 1 saturated heterocycles. The third-order valence-electron chi connectivity index (χ3n) is 5.21. The summed E-state index contributed by atoms with van der Waals surface area (Å²) in [5.74, 6) is -1.50. The molecule has 0 bridgehead atoms. The minimum absolute atomic E-state index is 0.0489. The fourth-order valence-corrected chi connectivity index (χ4v) is 5.24. The molecule has 2 aromatic carbocycles. The monoisotopic (exact) mass is 488 g/mol. The minimum Gasteiger partial charge on any atom is -0.373 e. The average Bonchev–Trinajstić information content (AvgIpc) is 2.80. The molecule has 1 fully saturated rings. The van der Waals surface area contributed by atoms with Crippen LogP contribution < -0.4 is 16.4 Å². The predicted octanol–water partition coefficient (Wildman–Crippen LogP) is 0.630. The number of nitrogens with one attached hydrogen (secondary N) is 2. The lowest BCUT2D eigenvalue weighted by atomic mass is 10.1. The van der Waals surface area contributed by atoms with Gasteiger partial charge in [0.15, 0.2) is 0 Å². The Morgan fingerprint density at radius 1 is 0.971 bits per heavy atom. The van der Waals surface area contributed by atoms with Gasteiger partial charge in [0.2, 0.25) is 15.9 Å². The molecule has 0 unspecified atom stereocenters. The zero-order valence-electron chi connectivity index (χ0n) is 19.0. The van der Waals surface area contributed by atoms with Crippen molar-refractivity contribution in [3.05, 3.63) is 65.2 Å². The van der Waals surface area contributed by atoms with Gasteiger partial charge in [-0.15, -0.1) is 0 Å². The van der Waals surface area contributed by atoms with Crippen molar-refractivity contribution >= 4 is 27.7 Å². The summed E-state index contributed by atoms with van der Waals surface area (Å²) in [6.45, 7) is 4.07. The van der Waals surface area contributed by atoms with Crippen molar-refractivity contribution in [1.82, 2.24) is 14.9 Å². The molecule has 10 nitrogen and oxygen atoms in total. The molecule has 1 heterocycles. The van der Waals surface area contributed by atoms with E-state index in [4.69, 9.17) is 10.5 Å². The Labute approximate surface area is 198 Å². The van der Waals surface area contributed by atoms with E-state index in [-0.39, 0.29) is 48.8 Å². The lowest BCUT2D eigenvalue weighted by Crippen LogP contribution is -2.48. The minimum atomic E-state index is -3.77. The third kappa shape index (κ3) is 6.40. The molecule has 0 saturated carbocycles. The SMILES string of the molecule is C[C@@H]1CN(S(=O)(=O)c2cccc(C(=O)NCc3ccc(C(=O)NCC(N)=O)cc3)c2)C[C@H](C)O1. The van der Waals surface area contributed by atoms with Crippen molar-refractivity contribution in [2.24, 2.45) is 5.73 Å². The second-order valence-corrected chi connectivity index (χ2v) is 10.1. The highest BCUT2D eigenvalue weighted by Gasteiger charge is 2.32. The Hall–Kier alpha value is -3.28. The molecule has 0 radical (unpaired) electrons. The maximum atomic E-state index is 13.1. The van der Waals surface area contributed by atoms with Crippen LogP contribution in [0.3, 0.4) is 0 Å². The predicted molar refractivity (Wildman–Crippen MR) is 124 cm³/mol. The highest BCUT2D eigenvalue weighted by atomic mass is 32.2. The van der Waals surface area contributed by atoms with Crippen LogP contribution in [0.15, 0.2) is 53.4 Å². The Kier molecular flexibility index (Phi) is 8.02. The topological polar surface area (TPSA) is 148 Å². The normalized spacial score (nSPS) is 18.8. The lowest BCUT2D eigenvalue weighted by Gasteiger charge is -2.34. The lowest BCUT2D eigenvalue weighted by molar-refractivity contribution is -0.117. The molecular weight excluding hydrogens is 460 g/mol. The summed E-state index contributed by atoms with van der Waals surface area (Å²) in [5.41, 5.74) is 6.31. The number of hydrogen-bond acceptors (Lipinski definition) is 6. The largest absolute Gasteiger partial charge is 0.373 e. The van der Waals surface area contributed by atoms with E-state index in [1.165, 1.54) is 22.5 Å². The van der Waals surface area contributed by atoms with Crippen LogP contribution in [0.25, 0.3) is 0 Å². The Bertz CT molecular complexity index is 1160. The summed E-state index contributed by atoms with van der Waals surface area (Å²) in [6.07, 6.45) is -0.434. The van der Waals surface area contributed by atoms with E-state index in [1.807, 2.05) is 13.8 Å². The number of hydrogen-bond donors (Lipinski definition) is 3. The van der Waals surface area contributed by atoms with Crippen molar-refractivity contribution in [2.45, 2.75) is 37.5 Å². The Balaban J connectivity index is 1.63. The molecule has 0 aromatic heterocycles. The number of sulfonamides is 1. The summed E-state index contributed by atoms with van der Waals surface area (Å²) in [7, 11) is -3.77. The maximum absolute atomic E-state index is 13.1. The summed E-state index contributed by atoms with van der Waals surface area (Å²) in [4.78, 5) is 35.4. The van der Waals surface area contributed by atoms with Crippen LogP contribution >= 0.6 is 0 Å². The van der Waals surface area contributed by atoms with Crippen LogP contribution in [0.2, 0.25) is 0 Å². The van der Waals surface area contributed by atoms with Gasteiger partial charge in [-0.1, -0.05) is 18.2 Å². The van der Waals surface area contributed by atoms with E-state index in [2.05, 4.69) is 10.6 Å². The van der Waals surface area contributed by atoms with E-state index < -0.39 is 27.7 Å². The molecule has 1 aliphatic rings. The third-order valence-corrected chi connectivity index (χ3v) is 7.04. The van der Waals surface area contributed by atoms with Crippen molar-refractivity contribution < 1.29 is 27.5 Å². The molecule has 3 amide bonds. The number of rotatable bonds is 8. The molecule has 34 heavy (non-hydrogen) atoms. The van der Waals surface area contributed by atoms with Gasteiger partial charge in [-0.2, -0.15) is 4.31 Å². The van der Waals surface area contributed by atoms with Gasteiger partial charge in [0.25, 0.3) is 11.8 Å². The van der Waals surface area contributed by atoms with Gasteiger partial charge in [-0.3, -0.25) is 14.4 Å². The van der Waals surface area contributed by atoms with Gasteiger partial charge in [-0.25, -0.2) is 8.42 Å². The molecule has 2 atom stereocenters. The number of nitrogens with two attached hydrogens (primary N) is 1. The van der Waals surface area contributed by atoms with E-state index in [0.717, 1.165) is 5.56 Å². The van der Waals surface area contributed by atoms with Crippen LogP contribution in [0.1, 0.15) is 40.1 Å². The van der Waals surface area contributed by atoms with E-state index in [9.17, 15) is 22.8 Å². The fourth-order valence-electron chi connectivity index (χ4n) is 3.60. The molecule has 11 heteroatoms. The Morgan fingerprint density at radius 2 is 1.59 bits per heavy atom. The quantitative estimate of drug-likeness (QED) is 0.496. The number of nitrogens with zero attached hydrogens (tertiary/aromatic N) is 1. The van der Waals surface area contributed by atoms with Gasteiger partial charge >= 0.3 is 0 Å². The average molecular weight is 489 g/mol. The fraction of sp³-hybridized carbons (Fsp3) is 0.348. The molecule has 3 rings (SSSR count). The van der Waals surface area contributed by atoms with Gasteiger partial charge in [0, 0.05) is 30.8 Å². The molecular formula is C23H28N4O6S. The zero-order chi connectivity index (χ0) is 24.9. The smallest absolute Gasteiger partial charge is 0.251 e. The summed E-state index contributed by atoms with van der Waals surface area (Å²) in [6, 6.07) is 12.4. The number of carbonyl (C=O) groups is 3. The highest BCUT2D eigenvalue weighted by Crippen LogP contribution is 2.22.